The van der Waals surface area contributed by atoms with Gasteiger partial charge in [-0.25, -0.2) is 10.2 Å². The molecule has 0 aromatic heterocycles. The minimum absolute atomic E-state index is 0.249. The van der Waals surface area contributed by atoms with Crippen molar-refractivity contribution < 1.29 is 28.6 Å². The Morgan fingerprint density at radius 3 is 2.28 bits per heavy atom. The van der Waals surface area contributed by atoms with E-state index in [-0.39, 0.29) is 12.3 Å². The number of aryl methyl sites for hydroxylation is 1. The Morgan fingerprint density at radius 1 is 0.917 bits per heavy atom. The van der Waals surface area contributed by atoms with Crippen LogP contribution in [0.3, 0.4) is 0 Å². The van der Waals surface area contributed by atoms with Gasteiger partial charge >= 0.3 is 5.97 Å². The minimum Gasteiger partial charge on any atom is -0.494 e. The van der Waals surface area contributed by atoms with Gasteiger partial charge in [0.25, 0.3) is 11.8 Å². The SMILES string of the molecule is CCOc1ccc(C(=O)NCC(=O)N/N=C/c2ccc(OC(=O)c3ccc(C)cc3)c(OC)c2)cc1. The molecule has 2 amide bonds. The van der Waals surface area contributed by atoms with E-state index in [4.69, 9.17) is 14.2 Å². The molecule has 0 saturated carbocycles. The third-order valence-corrected chi connectivity index (χ3v) is 4.92. The average molecular weight is 490 g/mol. The van der Waals surface area contributed by atoms with Gasteiger partial charge in [-0.05, 0) is 74.0 Å². The van der Waals surface area contributed by atoms with Gasteiger partial charge in [0, 0.05) is 5.56 Å². The maximum absolute atomic E-state index is 12.4. The summed E-state index contributed by atoms with van der Waals surface area (Å²) in [5, 5.41) is 6.42. The van der Waals surface area contributed by atoms with Gasteiger partial charge in [0.1, 0.15) is 5.75 Å². The molecule has 186 valence electrons. The number of nitrogens with zero attached hydrogens (tertiary/aromatic N) is 1. The first kappa shape index (κ1) is 26.0. The van der Waals surface area contributed by atoms with Gasteiger partial charge in [0.2, 0.25) is 0 Å². The van der Waals surface area contributed by atoms with Gasteiger partial charge in [0.05, 0.1) is 32.0 Å². The normalized spacial score (nSPS) is 10.5. The van der Waals surface area contributed by atoms with Crippen molar-refractivity contribution in [1.82, 2.24) is 10.7 Å². The highest BCUT2D eigenvalue weighted by atomic mass is 16.6. The van der Waals surface area contributed by atoms with Gasteiger partial charge in [-0.15, -0.1) is 0 Å². The topological polar surface area (TPSA) is 115 Å². The number of esters is 1. The predicted octanol–water partition coefficient (Wildman–Crippen LogP) is 3.50. The van der Waals surface area contributed by atoms with Crippen molar-refractivity contribution in [2.45, 2.75) is 13.8 Å². The molecule has 0 aliphatic heterocycles. The number of carbonyl (C=O) groups is 3. The van der Waals surface area contributed by atoms with E-state index in [9.17, 15) is 14.4 Å². The largest absolute Gasteiger partial charge is 0.494 e. The summed E-state index contributed by atoms with van der Waals surface area (Å²) in [5.41, 5.74) is 4.81. The molecule has 0 atom stereocenters. The zero-order valence-corrected chi connectivity index (χ0v) is 20.2. The number of methoxy groups -OCH3 is 1. The number of hydrazone groups is 1. The monoisotopic (exact) mass is 489 g/mol. The van der Waals surface area contributed by atoms with Crippen LogP contribution in [0, 0.1) is 6.92 Å². The molecule has 9 heteroatoms. The van der Waals surface area contributed by atoms with Crippen LogP contribution in [0.1, 0.15) is 38.8 Å². The first-order chi connectivity index (χ1) is 17.4. The molecule has 3 aromatic rings. The molecule has 3 rings (SSSR count). The number of hydrogen-bond acceptors (Lipinski definition) is 7. The fourth-order valence-electron chi connectivity index (χ4n) is 3.05. The number of amides is 2. The van der Waals surface area contributed by atoms with Crippen molar-refractivity contribution >= 4 is 24.0 Å². The lowest BCUT2D eigenvalue weighted by Gasteiger charge is -2.10. The van der Waals surface area contributed by atoms with Crippen LogP contribution in [0.25, 0.3) is 0 Å². The molecule has 36 heavy (non-hydrogen) atoms. The van der Waals surface area contributed by atoms with Crippen LogP contribution >= 0.6 is 0 Å². The molecule has 0 fully saturated rings. The predicted molar refractivity (Wildman–Crippen MR) is 135 cm³/mol. The molecule has 0 aliphatic carbocycles. The number of carbonyl (C=O) groups excluding carboxylic acids is 3. The molecule has 9 nitrogen and oxygen atoms in total. The molecule has 0 saturated heterocycles. The van der Waals surface area contributed by atoms with Crippen molar-refractivity contribution in [2.75, 3.05) is 20.3 Å². The Bertz CT molecular complexity index is 1240. The lowest BCUT2D eigenvalue weighted by atomic mass is 10.1. The second-order valence-corrected chi connectivity index (χ2v) is 7.60. The van der Waals surface area contributed by atoms with Gasteiger partial charge in [-0.3, -0.25) is 9.59 Å². The van der Waals surface area contributed by atoms with Crippen molar-refractivity contribution in [3.63, 3.8) is 0 Å². The maximum atomic E-state index is 12.4. The first-order valence-corrected chi connectivity index (χ1v) is 11.2. The summed E-state index contributed by atoms with van der Waals surface area (Å²) in [5.74, 6) is -0.155. The van der Waals surface area contributed by atoms with Crippen LogP contribution in [0.4, 0.5) is 0 Å². The Morgan fingerprint density at radius 2 is 1.61 bits per heavy atom. The van der Waals surface area contributed by atoms with E-state index in [0.717, 1.165) is 5.56 Å². The van der Waals surface area contributed by atoms with Crippen LogP contribution in [0.5, 0.6) is 17.2 Å². The molecule has 0 aliphatic rings. The Hall–Kier alpha value is -4.66. The second kappa shape index (κ2) is 12.7. The molecule has 0 spiro atoms. The Labute approximate surface area is 209 Å². The van der Waals surface area contributed by atoms with Crippen LogP contribution < -0.4 is 25.0 Å². The number of hydrogen-bond donors (Lipinski definition) is 2. The summed E-state index contributed by atoms with van der Waals surface area (Å²) in [4.78, 5) is 36.6. The number of ether oxygens (including phenoxy) is 3. The van der Waals surface area contributed by atoms with Crippen molar-refractivity contribution in [1.29, 1.82) is 0 Å². The molecule has 0 unspecified atom stereocenters. The van der Waals surface area contributed by atoms with Crippen LogP contribution in [-0.4, -0.2) is 44.3 Å². The summed E-state index contributed by atoms with van der Waals surface area (Å²) in [6.07, 6.45) is 1.40. The quantitative estimate of drug-likeness (QED) is 0.195. The van der Waals surface area contributed by atoms with Crippen LogP contribution in [0.2, 0.25) is 0 Å². The van der Waals surface area contributed by atoms with Crippen molar-refractivity contribution in [3.05, 3.63) is 89.0 Å². The number of rotatable bonds is 10. The van der Waals surface area contributed by atoms with Crippen molar-refractivity contribution in [3.8, 4) is 17.2 Å². The smallest absolute Gasteiger partial charge is 0.343 e. The van der Waals surface area contributed by atoms with E-state index < -0.39 is 17.8 Å². The van der Waals surface area contributed by atoms with Gasteiger partial charge in [0.15, 0.2) is 11.5 Å². The van der Waals surface area contributed by atoms with E-state index in [0.29, 0.717) is 34.8 Å². The van der Waals surface area contributed by atoms with Crippen molar-refractivity contribution in [2.24, 2.45) is 5.10 Å². The first-order valence-electron chi connectivity index (χ1n) is 11.2. The van der Waals surface area contributed by atoms with E-state index in [1.165, 1.54) is 13.3 Å². The standard InChI is InChI=1S/C27H27N3O6/c1-4-35-22-12-10-20(11-13-22)26(32)28-17-25(31)30-29-16-19-7-14-23(24(15-19)34-3)36-27(33)21-8-5-18(2)6-9-21/h5-16H,4,17H2,1-3H3,(H,28,32)(H,30,31)/b29-16+. The van der Waals surface area contributed by atoms with Gasteiger partial charge < -0.3 is 19.5 Å². The number of nitrogens with one attached hydrogen (secondary N) is 2. The fraction of sp³-hybridized carbons (Fsp3) is 0.185. The highest BCUT2D eigenvalue weighted by molar-refractivity contribution is 5.96. The third-order valence-electron chi connectivity index (χ3n) is 4.92. The summed E-state index contributed by atoms with van der Waals surface area (Å²) >= 11 is 0. The van der Waals surface area contributed by atoms with E-state index in [2.05, 4.69) is 15.8 Å². The average Bonchev–Trinajstić information content (AvgIpc) is 2.89. The molecular weight excluding hydrogens is 462 g/mol. The van der Waals surface area contributed by atoms with Gasteiger partial charge in [-0.1, -0.05) is 17.7 Å². The molecule has 2 N–H and O–H groups in total. The summed E-state index contributed by atoms with van der Waals surface area (Å²) < 4.78 is 16.1. The third kappa shape index (κ3) is 7.42. The Kier molecular flexibility index (Phi) is 9.16. The maximum Gasteiger partial charge on any atom is 0.343 e. The minimum atomic E-state index is -0.505. The summed E-state index contributed by atoms with van der Waals surface area (Å²) in [7, 11) is 1.45. The molecule has 0 radical (unpaired) electrons. The van der Waals surface area contributed by atoms with Gasteiger partial charge in [-0.2, -0.15) is 5.10 Å². The molecule has 3 aromatic carbocycles. The molecular formula is C27H27N3O6. The summed E-state index contributed by atoms with van der Waals surface area (Å²) in [6, 6.07) is 18.5. The lowest BCUT2D eigenvalue weighted by Crippen LogP contribution is -2.34. The van der Waals surface area contributed by atoms with E-state index >= 15 is 0 Å². The molecule has 0 heterocycles. The van der Waals surface area contributed by atoms with Crippen LogP contribution in [-0.2, 0) is 4.79 Å². The molecule has 0 bridgehead atoms. The highest BCUT2D eigenvalue weighted by Gasteiger charge is 2.13. The van der Waals surface area contributed by atoms with Crippen LogP contribution in [0.15, 0.2) is 71.8 Å². The van der Waals surface area contributed by atoms with E-state index in [1.807, 2.05) is 26.0 Å². The van der Waals surface area contributed by atoms with E-state index in [1.54, 1.807) is 54.6 Å². The second-order valence-electron chi connectivity index (χ2n) is 7.60. The zero-order chi connectivity index (χ0) is 25.9. The highest BCUT2D eigenvalue weighted by Crippen LogP contribution is 2.28. The fourth-order valence-corrected chi connectivity index (χ4v) is 3.05. The number of benzene rings is 3. The summed E-state index contributed by atoms with van der Waals surface area (Å²) in [6.45, 7) is 4.09. The Balaban J connectivity index is 1.51. The zero-order valence-electron chi connectivity index (χ0n) is 20.2. The lowest BCUT2D eigenvalue weighted by molar-refractivity contribution is -0.120.